The van der Waals surface area contributed by atoms with Crippen molar-refractivity contribution in [2.24, 2.45) is 0 Å². The van der Waals surface area contributed by atoms with Gasteiger partial charge in [-0.2, -0.15) is 11.8 Å². The van der Waals surface area contributed by atoms with Crippen molar-refractivity contribution >= 4 is 46.6 Å². The first-order chi connectivity index (χ1) is 11.0. The summed E-state index contributed by atoms with van der Waals surface area (Å²) < 4.78 is 0. The zero-order chi connectivity index (χ0) is 16.8. The quantitative estimate of drug-likeness (QED) is 0.891. The largest absolute Gasteiger partial charge is 0.324 e. The Bertz CT molecular complexity index is 707. The number of amides is 2. The maximum Gasteiger partial charge on any atom is 0.258 e. The molecule has 0 aromatic heterocycles. The van der Waals surface area contributed by atoms with Crippen molar-refractivity contribution in [3.63, 3.8) is 0 Å². The highest BCUT2D eigenvalue weighted by Crippen LogP contribution is 2.25. The van der Waals surface area contributed by atoms with Crippen LogP contribution in [0.3, 0.4) is 0 Å². The third-order valence-corrected chi connectivity index (χ3v) is 4.09. The molecular weight excluding hydrogens is 332 g/mol. The number of halogens is 1. The lowest BCUT2D eigenvalue weighted by Crippen LogP contribution is -2.26. The van der Waals surface area contributed by atoms with Crippen LogP contribution >= 0.6 is 23.4 Å². The molecule has 6 heteroatoms. The van der Waals surface area contributed by atoms with E-state index in [0.29, 0.717) is 22.0 Å². The number of nitrogens with zero attached hydrogens (tertiary/aromatic N) is 1. The van der Waals surface area contributed by atoms with Crippen LogP contribution in [0.5, 0.6) is 0 Å². The fourth-order valence-electron chi connectivity index (χ4n) is 2.03. The van der Waals surface area contributed by atoms with E-state index in [9.17, 15) is 9.59 Å². The molecule has 0 atom stereocenters. The van der Waals surface area contributed by atoms with Crippen molar-refractivity contribution in [3.8, 4) is 0 Å². The summed E-state index contributed by atoms with van der Waals surface area (Å²) in [7, 11) is 1.71. The summed E-state index contributed by atoms with van der Waals surface area (Å²) in [6, 6.07) is 14.2. The van der Waals surface area contributed by atoms with Gasteiger partial charge in [0.2, 0.25) is 5.91 Å². The monoisotopic (exact) mass is 348 g/mol. The van der Waals surface area contributed by atoms with E-state index in [-0.39, 0.29) is 11.8 Å². The van der Waals surface area contributed by atoms with E-state index in [1.807, 2.05) is 36.6 Å². The first-order valence-electron chi connectivity index (χ1n) is 6.94. The lowest BCUT2D eigenvalue weighted by Gasteiger charge is -2.18. The Morgan fingerprint density at radius 2 is 1.87 bits per heavy atom. The van der Waals surface area contributed by atoms with Gasteiger partial charge in [-0.15, -0.1) is 0 Å². The smallest absolute Gasteiger partial charge is 0.258 e. The standard InChI is InChI=1S/C17H17ClN2O2S/c1-20(13-6-4-3-5-7-13)17(22)12-8-9-14(18)15(10-12)19-16(21)11-23-2/h3-10H,11H2,1-2H3,(H,19,21). The molecule has 4 nitrogen and oxygen atoms in total. The molecule has 23 heavy (non-hydrogen) atoms. The van der Waals surface area contributed by atoms with Gasteiger partial charge in [-0.3, -0.25) is 9.59 Å². The number of hydrogen-bond acceptors (Lipinski definition) is 3. The molecule has 0 spiro atoms. The predicted molar refractivity (Wildman–Crippen MR) is 97.6 cm³/mol. The summed E-state index contributed by atoms with van der Waals surface area (Å²) in [4.78, 5) is 25.9. The lowest BCUT2D eigenvalue weighted by molar-refractivity contribution is -0.113. The average molecular weight is 349 g/mol. The molecule has 0 aliphatic carbocycles. The van der Waals surface area contributed by atoms with Gasteiger partial charge in [-0.05, 0) is 36.6 Å². The third kappa shape index (κ3) is 4.50. The molecule has 0 bridgehead atoms. The topological polar surface area (TPSA) is 49.4 Å². The maximum atomic E-state index is 12.6. The molecule has 0 saturated heterocycles. The van der Waals surface area contributed by atoms with Crippen LogP contribution in [0, 0.1) is 0 Å². The third-order valence-electron chi connectivity index (χ3n) is 3.21. The number of para-hydroxylation sites is 1. The van der Waals surface area contributed by atoms with E-state index in [4.69, 9.17) is 11.6 Å². The molecule has 0 aliphatic rings. The summed E-state index contributed by atoms with van der Waals surface area (Å²) in [5.74, 6) is 0.00644. The second-order valence-electron chi connectivity index (χ2n) is 4.88. The Labute approximate surface area is 144 Å². The van der Waals surface area contributed by atoms with Gasteiger partial charge < -0.3 is 10.2 Å². The Kier molecular flexibility index (Phi) is 6.07. The van der Waals surface area contributed by atoms with Crippen molar-refractivity contribution in [3.05, 3.63) is 59.1 Å². The minimum absolute atomic E-state index is 0.152. The highest BCUT2D eigenvalue weighted by molar-refractivity contribution is 7.99. The van der Waals surface area contributed by atoms with Gasteiger partial charge in [0, 0.05) is 18.3 Å². The molecule has 0 fully saturated rings. The number of anilines is 2. The van der Waals surface area contributed by atoms with Crippen LogP contribution in [-0.4, -0.2) is 30.9 Å². The van der Waals surface area contributed by atoms with Gasteiger partial charge in [0.05, 0.1) is 16.5 Å². The molecule has 0 unspecified atom stereocenters. The van der Waals surface area contributed by atoms with Crippen LogP contribution in [0.4, 0.5) is 11.4 Å². The number of hydrogen-bond donors (Lipinski definition) is 1. The van der Waals surface area contributed by atoms with E-state index in [1.165, 1.54) is 11.8 Å². The SMILES string of the molecule is CSCC(=O)Nc1cc(C(=O)N(C)c2ccccc2)ccc1Cl. The van der Waals surface area contributed by atoms with Crippen molar-refractivity contribution < 1.29 is 9.59 Å². The highest BCUT2D eigenvalue weighted by atomic mass is 35.5. The van der Waals surface area contributed by atoms with Gasteiger partial charge in [0.15, 0.2) is 0 Å². The molecule has 0 heterocycles. The van der Waals surface area contributed by atoms with Crippen molar-refractivity contribution in [1.82, 2.24) is 0 Å². The van der Waals surface area contributed by atoms with Gasteiger partial charge in [0.1, 0.15) is 0 Å². The van der Waals surface area contributed by atoms with Crippen molar-refractivity contribution in [1.29, 1.82) is 0 Å². The molecule has 1 N–H and O–H groups in total. The Morgan fingerprint density at radius 3 is 2.52 bits per heavy atom. The van der Waals surface area contributed by atoms with Crippen LogP contribution in [-0.2, 0) is 4.79 Å². The van der Waals surface area contributed by atoms with Gasteiger partial charge in [-0.25, -0.2) is 0 Å². The summed E-state index contributed by atoms with van der Waals surface area (Å²) in [5, 5.41) is 3.12. The molecule has 2 aromatic carbocycles. The number of nitrogens with one attached hydrogen (secondary N) is 1. The van der Waals surface area contributed by atoms with E-state index in [2.05, 4.69) is 5.32 Å². The maximum absolute atomic E-state index is 12.6. The van der Waals surface area contributed by atoms with Gasteiger partial charge in [0.25, 0.3) is 5.91 Å². The molecule has 2 amide bonds. The van der Waals surface area contributed by atoms with Gasteiger partial charge >= 0.3 is 0 Å². The molecule has 120 valence electrons. The number of carbonyl (C=O) groups excluding carboxylic acids is 2. The Hall–Kier alpha value is -1.98. The summed E-state index contributed by atoms with van der Waals surface area (Å²) in [6.45, 7) is 0. The fraction of sp³-hybridized carbons (Fsp3) is 0.176. The first kappa shape index (κ1) is 17.4. The Balaban J connectivity index is 2.22. The zero-order valence-electron chi connectivity index (χ0n) is 12.9. The molecule has 0 saturated carbocycles. The normalized spacial score (nSPS) is 10.2. The van der Waals surface area contributed by atoms with Crippen molar-refractivity contribution in [2.45, 2.75) is 0 Å². The number of carbonyl (C=O) groups is 2. The highest BCUT2D eigenvalue weighted by Gasteiger charge is 2.15. The minimum Gasteiger partial charge on any atom is -0.324 e. The zero-order valence-corrected chi connectivity index (χ0v) is 14.4. The second kappa shape index (κ2) is 8.04. The molecule has 2 rings (SSSR count). The fourth-order valence-corrected chi connectivity index (χ4v) is 2.53. The lowest BCUT2D eigenvalue weighted by atomic mass is 10.1. The average Bonchev–Trinajstić information content (AvgIpc) is 2.56. The second-order valence-corrected chi connectivity index (χ2v) is 6.15. The van der Waals surface area contributed by atoms with E-state index < -0.39 is 0 Å². The Morgan fingerprint density at radius 1 is 1.17 bits per heavy atom. The van der Waals surface area contributed by atoms with Crippen LogP contribution in [0.2, 0.25) is 5.02 Å². The van der Waals surface area contributed by atoms with Gasteiger partial charge in [-0.1, -0.05) is 29.8 Å². The molecule has 2 aromatic rings. The van der Waals surface area contributed by atoms with E-state index >= 15 is 0 Å². The number of benzene rings is 2. The molecular formula is C17H17ClN2O2S. The van der Waals surface area contributed by atoms with Crippen LogP contribution < -0.4 is 10.2 Å². The van der Waals surface area contributed by atoms with Crippen LogP contribution in [0.15, 0.2) is 48.5 Å². The van der Waals surface area contributed by atoms with Crippen molar-refractivity contribution in [2.75, 3.05) is 29.3 Å². The van der Waals surface area contributed by atoms with E-state index in [1.54, 1.807) is 30.1 Å². The summed E-state index contributed by atoms with van der Waals surface area (Å²) in [6.07, 6.45) is 1.84. The minimum atomic E-state index is -0.173. The molecule has 0 radical (unpaired) electrons. The number of rotatable bonds is 5. The summed E-state index contributed by atoms with van der Waals surface area (Å²) >= 11 is 7.51. The van der Waals surface area contributed by atoms with Crippen LogP contribution in [0.1, 0.15) is 10.4 Å². The predicted octanol–water partition coefficient (Wildman–Crippen LogP) is 3.92. The van der Waals surface area contributed by atoms with Crippen LogP contribution in [0.25, 0.3) is 0 Å². The first-order valence-corrected chi connectivity index (χ1v) is 8.71. The van der Waals surface area contributed by atoms with E-state index in [0.717, 1.165) is 5.69 Å². The molecule has 0 aliphatic heterocycles. The summed E-state index contributed by atoms with van der Waals surface area (Å²) in [5.41, 5.74) is 1.69. The number of thioether (sulfide) groups is 1.